The van der Waals surface area contributed by atoms with E-state index in [4.69, 9.17) is 5.73 Å². The van der Waals surface area contributed by atoms with Crippen molar-refractivity contribution in [2.75, 3.05) is 17.6 Å². The van der Waals surface area contributed by atoms with Gasteiger partial charge in [0.15, 0.2) is 15.8 Å². The maximum Gasteiger partial charge on any atom is 0.193 e. The van der Waals surface area contributed by atoms with Crippen LogP contribution in [0.5, 0.6) is 0 Å². The number of hydrogen-bond acceptors (Lipinski definition) is 3. The molecule has 3 N–H and O–H groups in total. The number of rotatable bonds is 7. The fraction of sp³-hybridized carbons (Fsp3) is 0.278. The molecule has 0 aliphatic heterocycles. The number of aryl methyl sites for hydroxylation is 1. The average Bonchev–Trinajstić information content (AvgIpc) is 2.60. The Bertz CT molecular complexity index is 793. The number of anilines is 1. The second kappa shape index (κ2) is 10.4. The van der Waals surface area contributed by atoms with E-state index < -0.39 is 9.84 Å². The van der Waals surface area contributed by atoms with Crippen LogP contribution >= 0.6 is 24.0 Å². The monoisotopic (exact) mass is 473 g/mol. The third-order valence-electron chi connectivity index (χ3n) is 3.56. The molecule has 0 aromatic heterocycles. The molecule has 0 amide bonds. The van der Waals surface area contributed by atoms with Gasteiger partial charge in [-0.25, -0.2) is 8.42 Å². The fourth-order valence-electron chi connectivity index (χ4n) is 2.26. The van der Waals surface area contributed by atoms with Gasteiger partial charge in [0.1, 0.15) is 0 Å². The number of halogens is 1. The van der Waals surface area contributed by atoms with Crippen molar-refractivity contribution in [3.05, 3.63) is 60.2 Å². The minimum Gasteiger partial charge on any atom is -0.370 e. The third-order valence-corrected chi connectivity index (χ3v) is 5.38. The van der Waals surface area contributed by atoms with Crippen LogP contribution in [0.2, 0.25) is 0 Å². The highest BCUT2D eigenvalue weighted by atomic mass is 127. The Morgan fingerprint density at radius 1 is 1.12 bits per heavy atom. The quantitative estimate of drug-likeness (QED) is 0.279. The highest BCUT2D eigenvalue weighted by Crippen LogP contribution is 2.12. The summed E-state index contributed by atoms with van der Waals surface area (Å²) >= 11 is 0. The van der Waals surface area contributed by atoms with E-state index in [1.165, 1.54) is 5.56 Å². The second-order valence-electron chi connectivity index (χ2n) is 5.43. The molecule has 136 valence electrons. The zero-order valence-electron chi connectivity index (χ0n) is 14.2. The van der Waals surface area contributed by atoms with Crippen LogP contribution in [-0.4, -0.2) is 26.7 Å². The number of aliphatic imine (C=N–C) groups is 1. The lowest BCUT2D eigenvalue weighted by Crippen LogP contribution is -2.23. The van der Waals surface area contributed by atoms with Gasteiger partial charge in [0, 0.05) is 12.2 Å². The predicted octanol–water partition coefficient (Wildman–Crippen LogP) is 3.46. The van der Waals surface area contributed by atoms with Crippen molar-refractivity contribution in [1.29, 1.82) is 0 Å². The lowest BCUT2D eigenvalue weighted by molar-refractivity contribution is 0.593. The minimum atomic E-state index is -3.26. The highest BCUT2D eigenvalue weighted by molar-refractivity contribution is 14.0. The Morgan fingerprint density at radius 2 is 1.84 bits per heavy atom. The summed E-state index contributed by atoms with van der Waals surface area (Å²) in [6.07, 6.45) is 1.37. The molecule has 2 rings (SSSR count). The summed E-state index contributed by atoms with van der Waals surface area (Å²) in [5, 5.41) is 3.02. The van der Waals surface area contributed by atoms with Crippen LogP contribution in [0.15, 0.2) is 64.5 Å². The first-order chi connectivity index (χ1) is 11.5. The van der Waals surface area contributed by atoms with Crippen molar-refractivity contribution in [2.24, 2.45) is 10.7 Å². The molecule has 0 saturated carbocycles. The van der Waals surface area contributed by atoms with E-state index in [1.54, 1.807) is 30.3 Å². The zero-order chi connectivity index (χ0) is 17.4. The van der Waals surface area contributed by atoms with Gasteiger partial charge in [0.25, 0.3) is 0 Å². The first-order valence-electron chi connectivity index (χ1n) is 7.95. The van der Waals surface area contributed by atoms with Crippen molar-refractivity contribution in [3.63, 3.8) is 0 Å². The molecular weight excluding hydrogens is 449 g/mol. The van der Waals surface area contributed by atoms with Crippen molar-refractivity contribution in [1.82, 2.24) is 0 Å². The zero-order valence-corrected chi connectivity index (χ0v) is 17.3. The van der Waals surface area contributed by atoms with E-state index in [1.807, 2.05) is 24.3 Å². The molecule has 0 fully saturated rings. The van der Waals surface area contributed by atoms with Gasteiger partial charge in [0.05, 0.1) is 10.6 Å². The van der Waals surface area contributed by atoms with Gasteiger partial charge in [-0.05, 0) is 42.7 Å². The molecule has 0 spiro atoms. The maximum absolute atomic E-state index is 12.1. The molecule has 0 saturated heterocycles. The van der Waals surface area contributed by atoms with Crippen LogP contribution in [0.4, 0.5) is 5.69 Å². The summed E-state index contributed by atoms with van der Waals surface area (Å²) in [5.74, 6) is 0.347. The van der Waals surface area contributed by atoms with Gasteiger partial charge in [-0.3, -0.25) is 4.99 Å². The van der Waals surface area contributed by atoms with Crippen molar-refractivity contribution < 1.29 is 8.42 Å². The van der Waals surface area contributed by atoms with Crippen LogP contribution in [-0.2, 0) is 16.3 Å². The Balaban J connectivity index is 0.00000312. The van der Waals surface area contributed by atoms with E-state index in [0.29, 0.717) is 23.8 Å². The summed E-state index contributed by atoms with van der Waals surface area (Å²) in [6.45, 7) is 2.45. The number of benzene rings is 2. The molecule has 0 bridgehead atoms. The summed E-state index contributed by atoms with van der Waals surface area (Å²) in [5.41, 5.74) is 7.94. The smallest absolute Gasteiger partial charge is 0.193 e. The summed E-state index contributed by atoms with van der Waals surface area (Å²) in [6, 6.07) is 16.4. The SMILES string of the molecule is CCc1cccc(NC(N)=NCCCS(=O)(=O)c2ccccc2)c1.I. The molecule has 7 heteroatoms. The minimum absolute atomic E-state index is 0. The second-order valence-corrected chi connectivity index (χ2v) is 7.54. The third kappa shape index (κ3) is 7.03. The van der Waals surface area contributed by atoms with Crippen molar-refractivity contribution >= 4 is 45.5 Å². The van der Waals surface area contributed by atoms with Crippen LogP contribution in [0.3, 0.4) is 0 Å². The molecule has 0 heterocycles. The lowest BCUT2D eigenvalue weighted by atomic mass is 10.1. The molecule has 0 unspecified atom stereocenters. The Hall–Kier alpha value is -1.61. The summed E-state index contributed by atoms with van der Waals surface area (Å²) < 4.78 is 24.3. The summed E-state index contributed by atoms with van der Waals surface area (Å²) in [7, 11) is -3.26. The normalized spacial score (nSPS) is 11.6. The van der Waals surface area contributed by atoms with E-state index >= 15 is 0 Å². The molecule has 25 heavy (non-hydrogen) atoms. The molecule has 2 aromatic carbocycles. The van der Waals surface area contributed by atoms with Gasteiger partial charge >= 0.3 is 0 Å². The summed E-state index contributed by atoms with van der Waals surface area (Å²) in [4.78, 5) is 4.53. The standard InChI is InChI=1S/C18H23N3O2S.HI/c1-2-15-8-6-9-16(14-15)21-18(19)20-12-7-13-24(22,23)17-10-4-3-5-11-17;/h3-6,8-11,14H,2,7,12-13H2,1H3,(H3,19,20,21);1H. The topological polar surface area (TPSA) is 84.5 Å². The first-order valence-corrected chi connectivity index (χ1v) is 9.60. The molecule has 0 atom stereocenters. The highest BCUT2D eigenvalue weighted by Gasteiger charge is 2.12. The van der Waals surface area contributed by atoms with Gasteiger partial charge in [0.2, 0.25) is 0 Å². The fourth-order valence-corrected chi connectivity index (χ4v) is 3.57. The number of hydrogen-bond donors (Lipinski definition) is 2. The molecule has 0 aliphatic rings. The molecule has 0 radical (unpaired) electrons. The largest absolute Gasteiger partial charge is 0.370 e. The average molecular weight is 473 g/mol. The first kappa shape index (κ1) is 21.4. The van der Waals surface area contributed by atoms with Gasteiger partial charge < -0.3 is 11.1 Å². The van der Waals surface area contributed by atoms with Crippen LogP contribution in [0.1, 0.15) is 18.9 Å². The number of sulfone groups is 1. The van der Waals surface area contributed by atoms with Crippen LogP contribution in [0.25, 0.3) is 0 Å². The molecule has 2 aromatic rings. The van der Waals surface area contributed by atoms with Crippen molar-refractivity contribution in [3.8, 4) is 0 Å². The van der Waals surface area contributed by atoms with E-state index in [2.05, 4.69) is 17.2 Å². The van der Waals surface area contributed by atoms with Crippen molar-refractivity contribution in [2.45, 2.75) is 24.7 Å². The van der Waals surface area contributed by atoms with Gasteiger partial charge in [-0.1, -0.05) is 37.3 Å². The Morgan fingerprint density at radius 3 is 2.52 bits per heavy atom. The molecular formula is C18H24IN3O2S. The van der Waals surface area contributed by atoms with E-state index in [-0.39, 0.29) is 29.7 Å². The van der Waals surface area contributed by atoms with Gasteiger partial charge in [-0.2, -0.15) is 0 Å². The number of nitrogens with two attached hydrogens (primary N) is 1. The number of nitrogens with zero attached hydrogens (tertiary/aromatic N) is 1. The Kier molecular flexibility index (Phi) is 8.91. The predicted molar refractivity (Wildman–Crippen MR) is 114 cm³/mol. The molecule has 0 aliphatic carbocycles. The van der Waals surface area contributed by atoms with Gasteiger partial charge in [-0.15, -0.1) is 24.0 Å². The number of nitrogens with one attached hydrogen (secondary N) is 1. The van der Waals surface area contributed by atoms with Crippen LogP contribution < -0.4 is 11.1 Å². The van der Waals surface area contributed by atoms with E-state index in [0.717, 1.165) is 12.1 Å². The Labute approximate surface area is 166 Å². The molecule has 5 nitrogen and oxygen atoms in total. The maximum atomic E-state index is 12.1. The van der Waals surface area contributed by atoms with Crippen LogP contribution in [0, 0.1) is 0 Å². The van der Waals surface area contributed by atoms with E-state index in [9.17, 15) is 8.42 Å². The lowest BCUT2D eigenvalue weighted by Gasteiger charge is -2.07. The number of guanidine groups is 1.